The summed E-state index contributed by atoms with van der Waals surface area (Å²) in [5.74, 6) is -0.617. The Morgan fingerprint density at radius 1 is 1.17 bits per heavy atom. The number of hydrogen-bond acceptors (Lipinski definition) is 4. The van der Waals surface area contributed by atoms with Gasteiger partial charge in [0, 0.05) is 17.0 Å². The molecule has 0 spiro atoms. The van der Waals surface area contributed by atoms with Crippen molar-refractivity contribution >= 4 is 27.6 Å². The lowest BCUT2D eigenvalue weighted by atomic mass is 9.84. The molecule has 126 valence electrons. The Labute approximate surface area is 145 Å². The number of benzene rings is 2. The van der Waals surface area contributed by atoms with Gasteiger partial charge >= 0.3 is 5.97 Å². The van der Waals surface area contributed by atoms with Crippen molar-refractivity contribution in [3.05, 3.63) is 64.7 Å². The number of carbonyl (C=O) groups excluding carboxylic acids is 1. The van der Waals surface area contributed by atoms with E-state index in [1.165, 1.54) is 6.07 Å². The van der Waals surface area contributed by atoms with Crippen LogP contribution in [0.2, 0.25) is 5.02 Å². The Bertz CT molecular complexity index is 880. The van der Waals surface area contributed by atoms with Crippen LogP contribution in [0, 0.1) is 0 Å². The molecule has 2 aromatic rings. The maximum atomic E-state index is 12.7. The third kappa shape index (κ3) is 2.81. The summed E-state index contributed by atoms with van der Waals surface area (Å²) in [6.45, 7) is 1.84. The molecule has 0 saturated carbocycles. The van der Waals surface area contributed by atoms with Gasteiger partial charge in [-0.2, -0.15) is 4.72 Å². The van der Waals surface area contributed by atoms with E-state index in [0.29, 0.717) is 10.6 Å². The van der Waals surface area contributed by atoms with Crippen molar-refractivity contribution < 1.29 is 17.9 Å². The molecule has 1 aliphatic rings. The van der Waals surface area contributed by atoms with Crippen LogP contribution >= 0.6 is 11.6 Å². The van der Waals surface area contributed by atoms with Crippen molar-refractivity contribution in [2.24, 2.45) is 0 Å². The smallest absolute Gasteiger partial charge is 0.332 e. The molecule has 24 heavy (non-hydrogen) atoms. The monoisotopic (exact) mass is 365 g/mol. The minimum atomic E-state index is -3.78. The number of ether oxygens (including phenoxy) is 1. The average molecular weight is 366 g/mol. The molecule has 7 heteroatoms. The topological polar surface area (TPSA) is 72.5 Å². The fourth-order valence-corrected chi connectivity index (χ4v) is 4.66. The van der Waals surface area contributed by atoms with Crippen molar-refractivity contribution in [3.8, 4) is 0 Å². The van der Waals surface area contributed by atoms with Crippen LogP contribution in [0.5, 0.6) is 0 Å². The molecule has 0 unspecified atom stereocenters. The largest absolute Gasteiger partial charge is 0.464 e. The minimum absolute atomic E-state index is 0.104. The van der Waals surface area contributed by atoms with Crippen LogP contribution in [-0.2, 0) is 31.5 Å². The van der Waals surface area contributed by atoms with Crippen LogP contribution in [0.3, 0.4) is 0 Å². The van der Waals surface area contributed by atoms with Crippen molar-refractivity contribution in [1.29, 1.82) is 0 Å². The van der Waals surface area contributed by atoms with Crippen LogP contribution in [0.1, 0.15) is 18.1 Å². The summed E-state index contributed by atoms with van der Waals surface area (Å²) in [7, 11) is -3.78. The molecule has 3 rings (SSSR count). The van der Waals surface area contributed by atoms with E-state index in [1.807, 2.05) is 0 Å². The SMILES string of the molecule is CCOC(=O)[C@]1(Cc2ccc(Cl)cc2)NS(=O)(=O)c2ccccc21. The first-order valence-corrected chi connectivity index (χ1v) is 9.30. The molecule has 0 radical (unpaired) electrons. The highest BCUT2D eigenvalue weighted by Crippen LogP contribution is 2.39. The molecule has 1 aliphatic heterocycles. The number of nitrogens with one attached hydrogen (secondary N) is 1. The lowest BCUT2D eigenvalue weighted by molar-refractivity contribution is -0.150. The summed E-state index contributed by atoms with van der Waals surface area (Å²) in [5.41, 5.74) is -0.301. The first-order chi connectivity index (χ1) is 11.4. The van der Waals surface area contributed by atoms with Gasteiger partial charge in [-0.25, -0.2) is 13.2 Å². The second-order valence-electron chi connectivity index (χ2n) is 5.53. The molecule has 2 aromatic carbocycles. The molecule has 5 nitrogen and oxygen atoms in total. The highest BCUT2D eigenvalue weighted by atomic mass is 35.5. The van der Waals surface area contributed by atoms with E-state index < -0.39 is 21.5 Å². The Balaban J connectivity index is 2.15. The van der Waals surface area contributed by atoms with E-state index in [2.05, 4.69) is 4.72 Å². The van der Waals surface area contributed by atoms with Crippen LogP contribution in [-0.4, -0.2) is 21.0 Å². The molecule has 0 aromatic heterocycles. The van der Waals surface area contributed by atoms with Gasteiger partial charge in [-0.05, 0) is 30.7 Å². The zero-order chi connectivity index (χ0) is 17.4. The van der Waals surface area contributed by atoms with Gasteiger partial charge in [-0.3, -0.25) is 0 Å². The number of halogens is 1. The predicted molar refractivity (Wildman–Crippen MR) is 90.2 cm³/mol. The van der Waals surface area contributed by atoms with Crippen LogP contribution in [0.25, 0.3) is 0 Å². The molecular weight excluding hydrogens is 350 g/mol. The molecule has 0 bridgehead atoms. The Kier molecular flexibility index (Phi) is 4.38. The third-order valence-corrected chi connectivity index (χ3v) is 5.76. The number of fused-ring (bicyclic) bond motifs is 1. The van der Waals surface area contributed by atoms with E-state index in [4.69, 9.17) is 16.3 Å². The molecule has 1 atom stereocenters. The summed E-state index contributed by atoms with van der Waals surface area (Å²) in [5, 5.41) is 0.566. The first-order valence-electron chi connectivity index (χ1n) is 7.44. The Morgan fingerprint density at radius 2 is 1.83 bits per heavy atom. The number of rotatable bonds is 4. The number of sulfonamides is 1. The fourth-order valence-electron chi connectivity index (χ4n) is 2.91. The van der Waals surface area contributed by atoms with Crippen molar-refractivity contribution in [1.82, 2.24) is 4.72 Å². The standard InChI is InChI=1S/C17H16ClNO4S/c1-2-23-16(20)17(11-12-7-9-13(18)10-8-12)14-5-3-4-6-15(14)24(21,22)19-17/h3-10,19H,2,11H2,1H3/t17-/m1/s1. The maximum absolute atomic E-state index is 12.7. The second-order valence-corrected chi connectivity index (χ2v) is 7.62. The zero-order valence-electron chi connectivity index (χ0n) is 13.0. The summed E-state index contributed by atoms with van der Waals surface area (Å²) in [6.07, 6.45) is 0.138. The van der Waals surface area contributed by atoms with Crippen molar-refractivity contribution in [3.63, 3.8) is 0 Å². The second kappa shape index (κ2) is 6.20. The summed E-state index contributed by atoms with van der Waals surface area (Å²) >= 11 is 5.90. The van der Waals surface area contributed by atoms with Gasteiger partial charge < -0.3 is 4.74 Å². The highest BCUT2D eigenvalue weighted by Gasteiger charge is 2.52. The minimum Gasteiger partial charge on any atom is -0.464 e. The summed E-state index contributed by atoms with van der Waals surface area (Å²) in [4.78, 5) is 12.8. The quantitative estimate of drug-likeness (QED) is 0.845. The van der Waals surface area contributed by atoms with E-state index in [0.717, 1.165) is 5.56 Å². The first kappa shape index (κ1) is 17.0. The highest BCUT2D eigenvalue weighted by molar-refractivity contribution is 7.90. The van der Waals surface area contributed by atoms with Gasteiger partial charge in [0.2, 0.25) is 10.0 Å². The van der Waals surface area contributed by atoms with E-state index in [-0.39, 0.29) is 17.9 Å². The Hall–Kier alpha value is -1.89. The van der Waals surface area contributed by atoms with Gasteiger partial charge in [-0.1, -0.05) is 41.9 Å². The molecule has 1 N–H and O–H groups in total. The van der Waals surface area contributed by atoms with Crippen LogP contribution in [0.15, 0.2) is 53.4 Å². The number of hydrogen-bond donors (Lipinski definition) is 1. The van der Waals surface area contributed by atoms with Gasteiger partial charge in [0.25, 0.3) is 0 Å². The molecule has 0 fully saturated rings. The van der Waals surface area contributed by atoms with E-state index >= 15 is 0 Å². The average Bonchev–Trinajstić information content (AvgIpc) is 2.79. The van der Waals surface area contributed by atoms with E-state index in [1.54, 1.807) is 49.4 Å². The van der Waals surface area contributed by atoms with Crippen LogP contribution in [0.4, 0.5) is 0 Å². The summed E-state index contributed by atoms with van der Waals surface area (Å²) in [6, 6.07) is 13.4. The number of esters is 1. The molecular formula is C17H16ClNO4S. The summed E-state index contributed by atoms with van der Waals surface area (Å²) < 4.78 is 32.7. The fraction of sp³-hybridized carbons (Fsp3) is 0.235. The van der Waals surface area contributed by atoms with Crippen molar-refractivity contribution in [2.75, 3.05) is 6.61 Å². The van der Waals surface area contributed by atoms with Crippen molar-refractivity contribution in [2.45, 2.75) is 23.8 Å². The van der Waals surface area contributed by atoms with Gasteiger partial charge in [-0.15, -0.1) is 0 Å². The maximum Gasteiger partial charge on any atom is 0.332 e. The molecule has 0 amide bonds. The molecule has 0 saturated heterocycles. The zero-order valence-corrected chi connectivity index (χ0v) is 14.5. The lowest BCUT2D eigenvalue weighted by Gasteiger charge is -2.27. The Morgan fingerprint density at radius 3 is 2.50 bits per heavy atom. The normalized spacial score (nSPS) is 21.2. The lowest BCUT2D eigenvalue weighted by Crippen LogP contribution is -2.49. The predicted octanol–water partition coefficient (Wildman–Crippen LogP) is 2.63. The van der Waals surface area contributed by atoms with E-state index in [9.17, 15) is 13.2 Å². The van der Waals surface area contributed by atoms with Gasteiger partial charge in [0.15, 0.2) is 5.54 Å². The van der Waals surface area contributed by atoms with Gasteiger partial charge in [0.1, 0.15) is 0 Å². The molecule has 0 aliphatic carbocycles. The number of carbonyl (C=O) groups is 1. The third-order valence-electron chi connectivity index (χ3n) is 3.95. The van der Waals surface area contributed by atoms with Gasteiger partial charge in [0.05, 0.1) is 11.5 Å². The molecule has 1 heterocycles. The van der Waals surface area contributed by atoms with Crippen LogP contribution < -0.4 is 4.72 Å².